The van der Waals surface area contributed by atoms with Gasteiger partial charge in [0.25, 0.3) is 0 Å². The molecular formula is C10H13ClF3NO2. The van der Waals surface area contributed by atoms with Gasteiger partial charge in [-0.2, -0.15) is 13.2 Å². The second-order valence-electron chi connectivity index (χ2n) is 3.22. The van der Waals surface area contributed by atoms with Gasteiger partial charge in [-0.3, -0.25) is 0 Å². The van der Waals surface area contributed by atoms with Gasteiger partial charge in [-0.25, -0.2) is 0 Å². The highest BCUT2D eigenvalue weighted by atomic mass is 35.5. The number of hydrogen-bond acceptors (Lipinski definition) is 3. The predicted molar refractivity (Wildman–Crippen MR) is 59.3 cm³/mol. The molecule has 98 valence electrons. The van der Waals surface area contributed by atoms with E-state index in [9.17, 15) is 18.3 Å². The highest BCUT2D eigenvalue weighted by Gasteiger charge is 2.28. The number of benzene rings is 1. The van der Waals surface area contributed by atoms with Crippen LogP contribution in [0, 0.1) is 0 Å². The first-order chi connectivity index (χ1) is 7.42. The van der Waals surface area contributed by atoms with Crippen molar-refractivity contribution in [2.24, 2.45) is 5.73 Å². The molecular weight excluding hydrogens is 259 g/mol. The summed E-state index contributed by atoms with van der Waals surface area (Å²) in [4.78, 5) is 0. The number of hydrogen-bond donors (Lipinski definition) is 2. The maximum absolute atomic E-state index is 11.8. The number of aliphatic hydroxyl groups excluding tert-OH is 1. The third-order valence-corrected chi connectivity index (χ3v) is 1.89. The minimum Gasteiger partial charge on any atom is -0.484 e. The van der Waals surface area contributed by atoms with Crippen LogP contribution in [0.3, 0.4) is 0 Å². The third-order valence-electron chi connectivity index (χ3n) is 1.89. The van der Waals surface area contributed by atoms with Crippen LogP contribution in [0.4, 0.5) is 13.2 Å². The van der Waals surface area contributed by atoms with Crippen LogP contribution in [-0.2, 0) is 0 Å². The van der Waals surface area contributed by atoms with E-state index in [4.69, 9.17) is 5.73 Å². The standard InChI is InChI=1S/C10H12F3NO2.ClH/c11-10(12,13)6-16-8-3-1-7(2-4-8)9(15)5-14;/h1-4,9,15H,5-6,14H2;1H. The molecule has 17 heavy (non-hydrogen) atoms. The molecule has 0 aliphatic carbocycles. The van der Waals surface area contributed by atoms with Gasteiger partial charge in [-0.05, 0) is 17.7 Å². The third kappa shape index (κ3) is 5.76. The van der Waals surface area contributed by atoms with Gasteiger partial charge < -0.3 is 15.6 Å². The fraction of sp³-hybridized carbons (Fsp3) is 0.400. The average Bonchev–Trinajstić information content (AvgIpc) is 2.25. The normalized spacial score (nSPS) is 12.8. The van der Waals surface area contributed by atoms with Crippen molar-refractivity contribution in [3.05, 3.63) is 29.8 Å². The Labute approximate surface area is 103 Å². The van der Waals surface area contributed by atoms with Crippen molar-refractivity contribution >= 4 is 12.4 Å². The van der Waals surface area contributed by atoms with Crippen LogP contribution in [0.5, 0.6) is 5.75 Å². The smallest absolute Gasteiger partial charge is 0.422 e. The molecule has 1 aromatic carbocycles. The summed E-state index contributed by atoms with van der Waals surface area (Å²) in [6.45, 7) is -1.27. The van der Waals surface area contributed by atoms with E-state index >= 15 is 0 Å². The van der Waals surface area contributed by atoms with Crippen molar-refractivity contribution in [3.8, 4) is 5.75 Å². The van der Waals surface area contributed by atoms with Crippen LogP contribution in [-0.4, -0.2) is 24.4 Å². The zero-order chi connectivity index (χ0) is 12.2. The highest BCUT2D eigenvalue weighted by molar-refractivity contribution is 5.85. The Morgan fingerprint density at radius 2 is 1.76 bits per heavy atom. The molecule has 0 saturated heterocycles. The largest absolute Gasteiger partial charge is 0.484 e. The van der Waals surface area contributed by atoms with Gasteiger partial charge in [0.2, 0.25) is 0 Å². The maximum Gasteiger partial charge on any atom is 0.422 e. The first-order valence-electron chi connectivity index (χ1n) is 4.60. The van der Waals surface area contributed by atoms with Gasteiger partial charge >= 0.3 is 6.18 Å². The average molecular weight is 272 g/mol. The second kappa shape index (κ2) is 6.68. The Bertz CT molecular complexity index is 329. The lowest BCUT2D eigenvalue weighted by atomic mass is 10.1. The second-order valence-corrected chi connectivity index (χ2v) is 3.22. The molecule has 1 unspecified atom stereocenters. The summed E-state index contributed by atoms with van der Waals surface area (Å²) in [6.07, 6.45) is -5.16. The van der Waals surface area contributed by atoms with Crippen molar-refractivity contribution in [3.63, 3.8) is 0 Å². The van der Waals surface area contributed by atoms with Gasteiger partial charge in [0.15, 0.2) is 6.61 Å². The monoisotopic (exact) mass is 271 g/mol. The molecule has 0 radical (unpaired) electrons. The van der Waals surface area contributed by atoms with Gasteiger partial charge in [0, 0.05) is 6.54 Å². The molecule has 3 N–H and O–H groups in total. The predicted octanol–water partition coefficient (Wildman–Crippen LogP) is 2.04. The fourth-order valence-corrected chi connectivity index (χ4v) is 1.09. The van der Waals surface area contributed by atoms with E-state index < -0.39 is 18.9 Å². The van der Waals surface area contributed by atoms with E-state index in [1.54, 1.807) is 0 Å². The number of aliphatic hydroxyl groups is 1. The molecule has 0 spiro atoms. The van der Waals surface area contributed by atoms with E-state index in [1.165, 1.54) is 24.3 Å². The molecule has 0 fully saturated rings. The molecule has 0 heterocycles. The quantitative estimate of drug-likeness (QED) is 0.881. The number of rotatable bonds is 4. The molecule has 1 aromatic rings. The molecule has 3 nitrogen and oxygen atoms in total. The van der Waals surface area contributed by atoms with Crippen molar-refractivity contribution < 1.29 is 23.0 Å². The molecule has 0 aromatic heterocycles. The van der Waals surface area contributed by atoms with Gasteiger partial charge in [-0.1, -0.05) is 12.1 Å². The lowest BCUT2D eigenvalue weighted by Gasteiger charge is -2.11. The summed E-state index contributed by atoms with van der Waals surface area (Å²) in [5, 5.41) is 9.33. The van der Waals surface area contributed by atoms with Crippen LogP contribution >= 0.6 is 12.4 Å². The summed E-state index contributed by atoms with van der Waals surface area (Å²) in [6, 6.07) is 5.67. The first kappa shape index (κ1) is 16.0. The molecule has 7 heteroatoms. The van der Waals surface area contributed by atoms with E-state index in [-0.39, 0.29) is 24.7 Å². The Hall–Kier alpha value is -0.980. The van der Waals surface area contributed by atoms with Crippen LogP contribution in [0.25, 0.3) is 0 Å². The summed E-state index contributed by atoms with van der Waals surface area (Å²) in [5.74, 6) is 0.102. The van der Waals surface area contributed by atoms with Crippen LogP contribution in [0.2, 0.25) is 0 Å². The Kier molecular flexibility index (Phi) is 6.30. The van der Waals surface area contributed by atoms with Gasteiger partial charge in [-0.15, -0.1) is 12.4 Å². The molecule has 0 bridgehead atoms. The molecule has 1 atom stereocenters. The zero-order valence-electron chi connectivity index (χ0n) is 8.78. The Balaban J connectivity index is 0.00000256. The van der Waals surface area contributed by atoms with Gasteiger partial charge in [0.05, 0.1) is 6.10 Å². The minimum atomic E-state index is -4.35. The van der Waals surface area contributed by atoms with Crippen molar-refractivity contribution in [1.82, 2.24) is 0 Å². The minimum absolute atomic E-state index is 0. The van der Waals surface area contributed by atoms with Crippen molar-refractivity contribution in [2.75, 3.05) is 13.2 Å². The maximum atomic E-state index is 11.8. The summed E-state index contributed by atoms with van der Waals surface area (Å²) >= 11 is 0. The summed E-state index contributed by atoms with van der Waals surface area (Å²) in [5.41, 5.74) is 5.77. The van der Waals surface area contributed by atoms with E-state index in [1.807, 2.05) is 0 Å². The highest BCUT2D eigenvalue weighted by Crippen LogP contribution is 2.20. The van der Waals surface area contributed by atoms with E-state index in [2.05, 4.69) is 4.74 Å². The van der Waals surface area contributed by atoms with E-state index in [0.717, 1.165) is 0 Å². The molecule has 0 saturated carbocycles. The van der Waals surface area contributed by atoms with Gasteiger partial charge in [0.1, 0.15) is 5.75 Å². The first-order valence-corrected chi connectivity index (χ1v) is 4.60. The molecule has 0 aliphatic rings. The number of halogens is 4. The number of ether oxygens (including phenoxy) is 1. The molecule has 0 aliphatic heterocycles. The molecule has 0 amide bonds. The number of alkyl halides is 3. The Morgan fingerprint density at radius 1 is 1.24 bits per heavy atom. The van der Waals surface area contributed by atoms with E-state index in [0.29, 0.717) is 5.56 Å². The summed E-state index contributed by atoms with van der Waals surface area (Å²) in [7, 11) is 0. The summed E-state index contributed by atoms with van der Waals surface area (Å²) < 4.78 is 40.0. The van der Waals surface area contributed by atoms with Crippen molar-refractivity contribution in [2.45, 2.75) is 12.3 Å². The molecule has 1 rings (SSSR count). The SMILES string of the molecule is Cl.NCC(O)c1ccc(OCC(F)(F)F)cc1. The lowest BCUT2D eigenvalue weighted by molar-refractivity contribution is -0.153. The van der Waals surface area contributed by atoms with Crippen LogP contribution < -0.4 is 10.5 Å². The Morgan fingerprint density at radius 3 is 2.18 bits per heavy atom. The lowest BCUT2D eigenvalue weighted by Crippen LogP contribution is -2.19. The number of nitrogens with two attached hydrogens (primary N) is 1. The zero-order valence-corrected chi connectivity index (χ0v) is 9.59. The topological polar surface area (TPSA) is 55.5 Å². The van der Waals surface area contributed by atoms with Crippen molar-refractivity contribution in [1.29, 1.82) is 0 Å². The fourth-order valence-electron chi connectivity index (χ4n) is 1.09. The van der Waals surface area contributed by atoms with Crippen LogP contribution in [0.1, 0.15) is 11.7 Å². The van der Waals surface area contributed by atoms with Crippen LogP contribution in [0.15, 0.2) is 24.3 Å².